The van der Waals surface area contributed by atoms with Gasteiger partial charge in [-0.3, -0.25) is 4.99 Å². The van der Waals surface area contributed by atoms with Crippen molar-refractivity contribution in [3.8, 4) is 0 Å². The van der Waals surface area contributed by atoms with Gasteiger partial charge in [0.15, 0.2) is 15.8 Å². The van der Waals surface area contributed by atoms with Crippen LogP contribution in [-0.4, -0.2) is 58.7 Å². The van der Waals surface area contributed by atoms with E-state index in [1.807, 2.05) is 6.92 Å². The Morgan fingerprint density at radius 2 is 1.95 bits per heavy atom. The molecule has 19 heavy (non-hydrogen) atoms. The van der Waals surface area contributed by atoms with Gasteiger partial charge in [0, 0.05) is 39.6 Å². The number of nitrogens with zero attached hydrogens (tertiary/aromatic N) is 1. The second kappa shape index (κ2) is 8.37. The highest BCUT2D eigenvalue weighted by atomic mass is 32.2. The molecule has 0 rings (SSSR count). The number of rotatable bonds is 8. The zero-order chi connectivity index (χ0) is 14.9. The SMILES string of the molecule is CCOCCCNC(=NC)NCC(C)(C)S(C)(=O)=O. The standard InChI is InChI=1S/C12H27N3O3S/c1-6-18-9-7-8-14-11(13-4)15-10-12(2,3)19(5,16)17/h6-10H2,1-5H3,(H2,13,14,15). The van der Waals surface area contributed by atoms with Gasteiger partial charge in [0.05, 0.1) is 4.75 Å². The number of sulfone groups is 1. The van der Waals surface area contributed by atoms with Gasteiger partial charge >= 0.3 is 0 Å². The molecule has 0 bridgehead atoms. The predicted octanol–water partition coefficient (Wildman–Crippen LogP) is 0.401. The first kappa shape index (κ1) is 18.2. The van der Waals surface area contributed by atoms with Gasteiger partial charge in [-0.2, -0.15) is 0 Å². The maximum atomic E-state index is 11.6. The predicted molar refractivity (Wildman–Crippen MR) is 79.4 cm³/mol. The van der Waals surface area contributed by atoms with Gasteiger partial charge < -0.3 is 15.4 Å². The highest BCUT2D eigenvalue weighted by Crippen LogP contribution is 2.13. The first-order valence-electron chi connectivity index (χ1n) is 6.46. The van der Waals surface area contributed by atoms with Gasteiger partial charge in [0.2, 0.25) is 0 Å². The molecular formula is C12H27N3O3S. The van der Waals surface area contributed by atoms with E-state index >= 15 is 0 Å². The fraction of sp³-hybridized carbons (Fsp3) is 0.917. The van der Waals surface area contributed by atoms with E-state index in [9.17, 15) is 8.42 Å². The Labute approximate surface area is 116 Å². The average Bonchev–Trinajstić information content (AvgIpc) is 2.31. The molecule has 0 aliphatic rings. The van der Waals surface area contributed by atoms with Crippen molar-refractivity contribution in [2.24, 2.45) is 4.99 Å². The van der Waals surface area contributed by atoms with Crippen LogP contribution in [0.2, 0.25) is 0 Å². The molecule has 7 heteroatoms. The van der Waals surface area contributed by atoms with Crippen molar-refractivity contribution in [2.45, 2.75) is 31.9 Å². The summed E-state index contributed by atoms with van der Waals surface area (Å²) in [5, 5.41) is 6.14. The van der Waals surface area contributed by atoms with E-state index in [4.69, 9.17) is 4.74 Å². The molecule has 0 unspecified atom stereocenters. The molecular weight excluding hydrogens is 266 g/mol. The van der Waals surface area contributed by atoms with Crippen LogP contribution >= 0.6 is 0 Å². The van der Waals surface area contributed by atoms with Crippen LogP contribution in [0.1, 0.15) is 27.2 Å². The third kappa shape index (κ3) is 7.37. The lowest BCUT2D eigenvalue weighted by Gasteiger charge is -2.24. The maximum Gasteiger partial charge on any atom is 0.191 e. The lowest BCUT2D eigenvalue weighted by molar-refractivity contribution is 0.145. The molecule has 0 aromatic carbocycles. The highest BCUT2D eigenvalue weighted by Gasteiger charge is 2.30. The molecule has 0 spiro atoms. The third-order valence-electron chi connectivity index (χ3n) is 2.87. The molecule has 0 aromatic heterocycles. The van der Waals surface area contributed by atoms with Gasteiger partial charge in [-0.25, -0.2) is 8.42 Å². The highest BCUT2D eigenvalue weighted by molar-refractivity contribution is 7.92. The van der Waals surface area contributed by atoms with Gasteiger partial charge in [0.1, 0.15) is 0 Å². The maximum absolute atomic E-state index is 11.6. The van der Waals surface area contributed by atoms with Crippen LogP contribution in [0.5, 0.6) is 0 Å². The summed E-state index contributed by atoms with van der Waals surface area (Å²) in [6, 6.07) is 0. The van der Waals surface area contributed by atoms with Crippen LogP contribution in [0.4, 0.5) is 0 Å². The summed E-state index contributed by atoms with van der Waals surface area (Å²) in [5.41, 5.74) is 0. The van der Waals surface area contributed by atoms with Crippen LogP contribution in [0.25, 0.3) is 0 Å². The second-order valence-corrected chi connectivity index (χ2v) is 7.58. The van der Waals surface area contributed by atoms with Crippen LogP contribution < -0.4 is 10.6 Å². The quantitative estimate of drug-likeness (QED) is 0.385. The topological polar surface area (TPSA) is 79.8 Å². The van der Waals surface area contributed by atoms with E-state index < -0.39 is 14.6 Å². The van der Waals surface area contributed by atoms with Crippen molar-refractivity contribution >= 4 is 15.8 Å². The van der Waals surface area contributed by atoms with Crippen molar-refractivity contribution < 1.29 is 13.2 Å². The average molecular weight is 293 g/mol. The van der Waals surface area contributed by atoms with Crippen LogP contribution in [0.15, 0.2) is 4.99 Å². The fourth-order valence-corrected chi connectivity index (χ4v) is 1.51. The van der Waals surface area contributed by atoms with Crippen LogP contribution in [0.3, 0.4) is 0 Å². The first-order valence-corrected chi connectivity index (χ1v) is 8.35. The zero-order valence-electron chi connectivity index (χ0n) is 12.6. The summed E-state index contributed by atoms with van der Waals surface area (Å²) in [7, 11) is -1.45. The number of hydrogen-bond acceptors (Lipinski definition) is 4. The van der Waals surface area contributed by atoms with Crippen molar-refractivity contribution in [3.05, 3.63) is 0 Å². The minimum Gasteiger partial charge on any atom is -0.382 e. The summed E-state index contributed by atoms with van der Waals surface area (Å²) < 4.78 is 27.5. The number of nitrogens with one attached hydrogen (secondary N) is 2. The lowest BCUT2D eigenvalue weighted by Crippen LogP contribution is -2.47. The van der Waals surface area contributed by atoms with E-state index in [1.165, 1.54) is 6.26 Å². The Morgan fingerprint density at radius 1 is 1.32 bits per heavy atom. The Balaban J connectivity index is 4.09. The molecule has 0 radical (unpaired) electrons. The molecule has 0 atom stereocenters. The number of guanidine groups is 1. The molecule has 0 aliphatic heterocycles. The molecule has 0 saturated heterocycles. The Hall–Kier alpha value is -0.820. The summed E-state index contributed by atoms with van der Waals surface area (Å²) in [6.07, 6.45) is 2.12. The Bertz CT molecular complexity index is 378. The van der Waals surface area contributed by atoms with E-state index in [1.54, 1.807) is 20.9 Å². The van der Waals surface area contributed by atoms with Crippen molar-refractivity contribution in [1.82, 2.24) is 10.6 Å². The minimum atomic E-state index is -3.10. The summed E-state index contributed by atoms with van der Waals surface area (Å²) in [4.78, 5) is 4.05. The third-order valence-corrected chi connectivity index (χ3v) is 5.02. The van der Waals surface area contributed by atoms with Gasteiger partial charge in [-0.05, 0) is 27.2 Å². The fourth-order valence-electron chi connectivity index (χ4n) is 1.17. The van der Waals surface area contributed by atoms with E-state index in [0.717, 1.165) is 19.6 Å². The molecule has 0 amide bonds. The molecule has 114 valence electrons. The summed E-state index contributed by atoms with van der Waals surface area (Å²) in [5.74, 6) is 0.605. The van der Waals surface area contributed by atoms with E-state index in [-0.39, 0.29) is 0 Å². The minimum absolute atomic E-state index is 0.316. The first-order chi connectivity index (χ1) is 8.74. The van der Waals surface area contributed by atoms with Gasteiger partial charge in [0.25, 0.3) is 0 Å². The molecule has 0 heterocycles. The summed E-state index contributed by atoms with van der Waals surface area (Å²) >= 11 is 0. The smallest absolute Gasteiger partial charge is 0.191 e. The molecule has 0 saturated carbocycles. The Morgan fingerprint density at radius 3 is 2.42 bits per heavy atom. The van der Waals surface area contributed by atoms with Crippen LogP contribution in [-0.2, 0) is 14.6 Å². The zero-order valence-corrected chi connectivity index (χ0v) is 13.4. The molecule has 0 aliphatic carbocycles. The Kier molecular flexibility index (Phi) is 8.01. The number of aliphatic imine (C=N–C) groups is 1. The summed E-state index contributed by atoms with van der Waals surface area (Å²) in [6.45, 7) is 7.82. The van der Waals surface area contributed by atoms with Crippen molar-refractivity contribution in [1.29, 1.82) is 0 Å². The van der Waals surface area contributed by atoms with E-state index in [2.05, 4.69) is 15.6 Å². The molecule has 2 N–H and O–H groups in total. The van der Waals surface area contributed by atoms with Gasteiger partial charge in [-0.1, -0.05) is 0 Å². The van der Waals surface area contributed by atoms with Crippen molar-refractivity contribution in [3.63, 3.8) is 0 Å². The normalized spacial score (nSPS) is 13.4. The number of hydrogen-bond donors (Lipinski definition) is 2. The molecule has 6 nitrogen and oxygen atoms in total. The molecule has 0 fully saturated rings. The second-order valence-electron chi connectivity index (χ2n) is 4.93. The van der Waals surface area contributed by atoms with Gasteiger partial charge in [-0.15, -0.1) is 0 Å². The largest absolute Gasteiger partial charge is 0.382 e. The number of ether oxygens (including phenoxy) is 1. The van der Waals surface area contributed by atoms with Crippen molar-refractivity contribution in [2.75, 3.05) is 39.6 Å². The molecule has 0 aromatic rings. The lowest BCUT2D eigenvalue weighted by atomic mass is 10.2. The van der Waals surface area contributed by atoms with E-state index in [0.29, 0.717) is 19.1 Å². The van der Waals surface area contributed by atoms with Crippen LogP contribution in [0, 0.1) is 0 Å². The monoisotopic (exact) mass is 293 g/mol.